The van der Waals surface area contributed by atoms with Gasteiger partial charge in [-0.2, -0.15) is 0 Å². The van der Waals surface area contributed by atoms with Gasteiger partial charge in [0.25, 0.3) is 0 Å². The third kappa shape index (κ3) is 29.5. The van der Waals surface area contributed by atoms with Crippen molar-refractivity contribution in [3.8, 4) is 0 Å². The van der Waals surface area contributed by atoms with Crippen molar-refractivity contribution >= 4 is 0 Å². The van der Waals surface area contributed by atoms with Crippen LogP contribution < -0.4 is 0 Å². The van der Waals surface area contributed by atoms with E-state index >= 15 is 0 Å². The van der Waals surface area contributed by atoms with Gasteiger partial charge in [0.1, 0.15) is 0 Å². The van der Waals surface area contributed by atoms with Gasteiger partial charge in [0, 0.05) is 0 Å². The third-order valence-electron chi connectivity index (χ3n) is 7.63. The van der Waals surface area contributed by atoms with Crippen LogP contribution in [0.1, 0.15) is 188 Å². The fourth-order valence-electron chi connectivity index (χ4n) is 5.24. The van der Waals surface area contributed by atoms with Crippen LogP contribution in [0.25, 0.3) is 0 Å². The highest BCUT2D eigenvalue weighted by molar-refractivity contribution is 4.92. The van der Waals surface area contributed by atoms with Crippen molar-refractivity contribution in [3.63, 3.8) is 0 Å². The number of hydrogen-bond donors (Lipinski definition) is 0. The maximum absolute atomic E-state index is 2.46. The molecule has 0 radical (unpaired) electrons. The number of hydrogen-bond acceptors (Lipinski definition) is 0. The van der Waals surface area contributed by atoms with Gasteiger partial charge in [0.15, 0.2) is 0 Å². The molecule has 0 amide bonds. The zero-order valence-corrected chi connectivity index (χ0v) is 25.4. The maximum Gasteiger partial charge on any atom is -0.0169 e. The largest absolute Gasteiger partial charge is 0.0885 e. The van der Waals surface area contributed by atoms with Crippen molar-refractivity contribution in [2.24, 2.45) is 5.92 Å². The molecule has 0 spiro atoms. The van der Waals surface area contributed by atoms with Crippen LogP contribution in [0.2, 0.25) is 0 Å². The summed E-state index contributed by atoms with van der Waals surface area (Å²) in [7, 11) is 0. The van der Waals surface area contributed by atoms with E-state index in [0.29, 0.717) is 0 Å². The Morgan fingerprint density at radius 3 is 1.22 bits per heavy atom. The number of allylic oxidation sites excluding steroid dienone is 6. The monoisotopic (exact) mass is 501 g/mol. The molecule has 36 heavy (non-hydrogen) atoms. The smallest absolute Gasteiger partial charge is 0.0169 e. The van der Waals surface area contributed by atoms with E-state index in [0.717, 1.165) is 12.3 Å². The lowest BCUT2D eigenvalue weighted by atomic mass is 9.91. The summed E-state index contributed by atoms with van der Waals surface area (Å²) in [6.07, 6.45) is 50.4. The van der Waals surface area contributed by atoms with E-state index in [1.807, 2.05) is 0 Å². The first-order chi connectivity index (χ1) is 17.8. The Balaban J connectivity index is 3.52. The van der Waals surface area contributed by atoms with E-state index in [-0.39, 0.29) is 0 Å². The minimum Gasteiger partial charge on any atom is -0.0885 e. The molecule has 0 aromatic carbocycles. The fraction of sp³-hybridized carbons (Fsp3) is 0.833. The van der Waals surface area contributed by atoms with Crippen molar-refractivity contribution in [1.82, 2.24) is 0 Å². The average Bonchev–Trinajstić information content (AvgIpc) is 2.89. The lowest BCUT2D eigenvalue weighted by molar-refractivity contribution is 0.381. The van der Waals surface area contributed by atoms with Gasteiger partial charge in [-0.15, -0.1) is 0 Å². The van der Waals surface area contributed by atoms with Crippen molar-refractivity contribution < 1.29 is 0 Å². The van der Waals surface area contributed by atoms with Crippen molar-refractivity contribution in [1.29, 1.82) is 0 Å². The molecule has 0 heterocycles. The second kappa shape index (κ2) is 32.2. The van der Waals surface area contributed by atoms with Crippen LogP contribution in [0, 0.1) is 5.92 Å². The molecule has 212 valence electrons. The van der Waals surface area contributed by atoms with E-state index < -0.39 is 0 Å². The minimum absolute atomic E-state index is 0.993. The Morgan fingerprint density at radius 2 is 0.694 bits per heavy atom. The quantitative estimate of drug-likeness (QED) is 0.0707. The Morgan fingerprint density at radius 1 is 0.333 bits per heavy atom. The molecule has 0 bridgehead atoms. The molecule has 0 aliphatic carbocycles. The first-order valence-electron chi connectivity index (χ1n) is 16.8. The minimum atomic E-state index is 0.993. The average molecular weight is 501 g/mol. The van der Waals surface area contributed by atoms with Crippen LogP contribution in [0.4, 0.5) is 0 Å². The molecule has 0 aliphatic heterocycles. The normalized spacial score (nSPS) is 13.1. The Labute approximate surface area is 229 Å². The van der Waals surface area contributed by atoms with Gasteiger partial charge in [0.05, 0.1) is 0 Å². The predicted molar refractivity (Wildman–Crippen MR) is 168 cm³/mol. The van der Waals surface area contributed by atoms with Crippen LogP contribution in [-0.4, -0.2) is 0 Å². The highest BCUT2D eigenvalue weighted by Gasteiger charge is 2.07. The first kappa shape index (κ1) is 35.2. The molecule has 0 aromatic rings. The van der Waals surface area contributed by atoms with Crippen molar-refractivity contribution in [2.45, 2.75) is 188 Å². The lowest BCUT2D eigenvalue weighted by Crippen LogP contribution is -2.00. The van der Waals surface area contributed by atoms with E-state index in [2.05, 4.69) is 57.2 Å². The van der Waals surface area contributed by atoms with Gasteiger partial charge in [-0.1, -0.05) is 166 Å². The Bertz CT molecular complexity index is 468. The van der Waals surface area contributed by atoms with Crippen molar-refractivity contribution in [3.05, 3.63) is 36.5 Å². The molecule has 0 aromatic heterocycles. The fourth-order valence-corrected chi connectivity index (χ4v) is 5.24. The predicted octanol–water partition coefficient (Wildman–Crippen LogP) is 13.5. The second-order valence-corrected chi connectivity index (χ2v) is 11.3. The molecular weight excluding hydrogens is 432 g/mol. The topological polar surface area (TPSA) is 0 Å². The van der Waals surface area contributed by atoms with Crippen molar-refractivity contribution in [2.75, 3.05) is 0 Å². The first-order valence-corrected chi connectivity index (χ1v) is 16.8. The summed E-state index contributed by atoms with van der Waals surface area (Å²) in [6.45, 7) is 6.94. The second-order valence-electron chi connectivity index (χ2n) is 11.3. The van der Waals surface area contributed by atoms with Gasteiger partial charge < -0.3 is 0 Å². The summed E-state index contributed by atoms with van der Waals surface area (Å²) in [4.78, 5) is 0. The van der Waals surface area contributed by atoms with Crippen LogP contribution in [0.5, 0.6) is 0 Å². The van der Waals surface area contributed by atoms with Crippen LogP contribution in [0.15, 0.2) is 36.5 Å². The van der Waals surface area contributed by atoms with Crippen LogP contribution in [0.3, 0.4) is 0 Å². The van der Waals surface area contributed by atoms with Crippen LogP contribution >= 0.6 is 0 Å². The SMILES string of the molecule is CCCCCC=CCC=CCCCCCCCCC(CCC)CCCCC=CCCCCCCCC. The van der Waals surface area contributed by atoms with E-state index in [9.17, 15) is 0 Å². The molecular formula is C36H68. The summed E-state index contributed by atoms with van der Waals surface area (Å²) in [5.74, 6) is 0.993. The molecule has 1 unspecified atom stereocenters. The van der Waals surface area contributed by atoms with Gasteiger partial charge in [-0.05, 0) is 63.7 Å². The molecule has 0 nitrogen and oxygen atoms in total. The third-order valence-corrected chi connectivity index (χ3v) is 7.63. The van der Waals surface area contributed by atoms with Gasteiger partial charge in [0.2, 0.25) is 0 Å². The summed E-state index contributed by atoms with van der Waals surface area (Å²) in [5, 5.41) is 0. The highest BCUT2D eigenvalue weighted by atomic mass is 14.1. The zero-order valence-electron chi connectivity index (χ0n) is 25.4. The molecule has 0 N–H and O–H groups in total. The van der Waals surface area contributed by atoms with E-state index in [1.165, 1.54) is 161 Å². The molecule has 0 fully saturated rings. The summed E-state index contributed by atoms with van der Waals surface area (Å²) in [5.41, 5.74) is 0. The molecule has 0 aliphatic rings. The summed E-state index contributed by atoms with van der Waals surface area (Å²) in [6, 6.07) is 0. The molecule has 0 rings (SSSR count). The van der Waals surface area contributed by atoms with Gasteiger partial charge in [-0.25, -0.2) is 0 Å². The molecule has 1 atom stereocenters. The maximum atomic E-state index is 2.46. The van der Waals surface area contributed by atoms with E-state index in [1.54, 1.807) is 0 Å². The standard InChI is InChI=1S/C36H68/c1-4-7-9-11-13-15-17-19-20-21-22-24-26-28-30-32-35-36(33-6-3)34-31-29-27-25-23-18-16-14-12-10-8-5-2/h13,15,19-20,23,25,36H,4-12,14,16-18,21-22,24,26-35H2,1-3H3. The molecule has 0 saturated heterocycles. The van der Waals surface area contributed by atoms with Gasteiger partial charge in [-0.3, -0.25) is 0 Å². The summed E-state index contributed by atoms with van der Waals surface area (Å²) >= 11 is 0. The molecule has 0 heteroatoms. The summed E-state index contributed by atoms with van der Waals surface area (Å²) < 4.78 is 0. The van der Waals surface area contributed by atoms with E-state index in [4.69, 9.17) is 0 Å². The number of rotatable bonds is 29. The van der Waals surface area contributed by atoms with Crippen LogP contribution in [-0.2, 0) is 0 Å². The highest BCUT2D eigenvalue weighted by Crippen LogP contribution is 2.23. The lowest BCUT2D eigenvalue weighted by Gasteiger charge is -2.15. The zero-order chi connectivity index (χ0) is 26.2. The van der Waals surface area contributed by atoms with Gasteiger partial charge >= 0.3 is 0 Å². The Kier molecular flexibility index (Phi) is 31.6. The molecule has 0 saturated carbocycles. The Hall–Kier alpha value is -0.780. The number of unbranched alkanes of at least 4 members (excludes halogenated alkanes) is 17.